The molecule has 1 aromatic heterocycles. The molecule has 0 aliphatic carbocycles. The van der Waals surface area contributed by atoms with Crippen LogP contribution < -0.4 is 10.5 Å². The number of esters is 1. The van der Waals surface area contributed by atoms with Gasteiger partial charge in [-0.15, -0.1) is 0 Å². The molecule has 18 heavy (non-hydrogen) atoms. The number of nitrogens with two attached hydrogens (primary N) is 1. The Bertz CT molecular complexity index is 550. The lowest BCUT2D eigenvalue weighted by atomic mass is 10.4. The van der Waals surface area contributed by atoms with Crippen molar-refractivity contribution in [3.63, 3.8) is 0 Å². The molecule has 0 atom stereocenters. The fraction of sp³-hybridized carbons (Fsp3) is 0.375. The lowest BCUT2D eigenvalue weighted by Crippen LogP contribution is -2.34. The number of sulfonamides is 1. The molecule has 0 fully saturated rings. The van der Waals surface area contributed by atoms with Crippen LogP contribution in [0.25, 0.3) is 0 Å². The second kappa shape index (κ2) is 5.60. The van der Waals surface area contributed by atoms with Crippen LogP contribution in [0.1, 0.15) is 17.3 Å². The monoisotopic (exact) mass is 276 g/mol. The van der Waals surface area contributed by atoms with Crippen molar-refractivity contribution in [1.82, 2.24) is 14.9 Å². The number of hydrogen-bond acceptors (Lipinski definition) is 6. The van der Waals surface area contributed by atoms with E-state index in [-0.39, 0.29) is 12.2 Å². The molecular formula is C8H12N4O5S. The smallest absolute Gasteiger partial charge is 0.342 e. The number of primary amides is 1. The number of nitrogens with one attached hydrogen (secondary N) is 2. The van der Waals surface area contributed by atoms with E-state index in [1.165, 1.54) is 0 Å². The Balaban J connectivity index is 2.99. The topological polar surface area (TPSA) is 144 Å². The van der Waals surface area contributed by atoms with E-state index in [2.05, 4.69) is 14.9 Å². The van der Waals surface area contributed by atoms with Crippen LogP contribution in [0.3, 0.4) is 0 Å². The summed E-state index contributed by atoms with van der Waals surface area (Å²) >= 11 is 0. The molecule has 100 valence electrons. The number of nitrogens with zero attached hydrogens (tertiary/aromatic N) is 1. The summed E-state index contributed by atoms with van der Waals surface area (Å²) in [7, 11) is -4.08. The van der Waals surface area contributed by atoms with Gasteiger partial charge in [0.15, 0.2) is 5.03 Å². The molecule has 0 saturated carbocycles. The highest BCUT2D eigenvalue weighted by Crippen LogP contribution is 2.12. The third-order valence-corrected chi connectivity index (χ3v) is 3.18. The van der Waals surface area contributed by atoms with E-state index in [1.54, 1.807) is 6.92 Å². The number of ether oxygens (including phenoxy) is 1. The van der Waals surface area contributed by atoms with Crippen molar-refractivity contribution in [3.8, 4) is 0 Å². The van der Waals surface area contributed by atoms with E-state index >= 15 is 0 Å². The minimum atomic E-state index is -4.08. The van der Waals surface area contributed by atoms with Gasteiger partial charge in [-0.05, 0) is 6.92 Å². The van der Waals surface area contributed by atoms with Gasteiger partial charge in [0.1, 0.15) is 5.56 Å². The quantitative estimate of drug-likeness (QED) is 0.531. The van der Waals surface area contributed by atoms with Crippen LogP contribution in [0.2, 0.25) is 0 Å². The van der Waals surface area contributed by atoms with Crippen LogP contribution in [0.4, 0.5) is 0 Å². The zero-order valence-corrected chi connectivity index (χ0v) is 10.3. The zero-order valence-electron chi connectivity index (χ0n) is 9.47. The molecule has 0 saturated heterocycles. The van der Waals surface area contributed by atoms with Gasteiger partial charge in [0, 0.05) is 0 Å². The van der Waals surface area contributed by atoms with Gasteiger partial charge in [0.05, 0.1) is 19.3 Å². The number of aromatic nitrogens is 2. The molecular weight excluding hydrogens is 264 g/mol. The standard InChI is InChI=1S/C8H12N4O5S/c1-2-17-8(14)5-3-10-12-7(5)18(15,16)11-4-6(9)13/h3,11H,2,4H2,1H3,(H2,9,13)(H,10,12). The summed E-state index contributed by atoms with van der Waals surface area (Å²) in [4.78, 5) is 22.0. The second-order valence-corrected chi connectivity index (χ2v) is 4.83. The van der Waals surface area contributed by atoms with Gasteiger partial charge < -0.3 is 10.5 Å². The Kier molecular flexibility index (Phi) is 4.39. The van der Waals surface area contributed by atoms with Crippen molar-refractivity contribution in [3.05, 3.63) is 11.8 Å². The van der Waals surface area contributed by atoms with E-state index in [4.69, 9.17) is 5.73 Å². The lowest BCUT2D eigenvalue weighted by Gasteiger charge is -2.05. The fourth-order valence-electron chi connectivity index (χ4n) is 1.07. The number of rotatable bonds is 6. The third kappa shape index (κ3) is 3.28. The van der Waals surface area contributed by atoms with Crippen molar-refractivity contribution in [2.24, 2.45) is 5.73 Å². The van der Waals surface area contributed by atoms with Gasteiger partial charge >= 0.3 is 5.97 Å². The second-order valence-electron chi connectivity index (χ2n) is 3.12. The summed E-state index contributed by atoms with van der Waals surface area (Å²) in [5, 5.41) is 5.14. The number of amides is 1. The molecule has 9 nitrogen and oxygen atoms in total. The van der Waals surface area contributed by atoms with E-state index < -0.39 is 33.5 Å². The first-order valence-corrected chi connectivity index (χ1v) is 6.35. The Morgan fingerprint density at radius 1 is 1.56 bits per heavy atom. The maximum atomic E-state index is 11.7. The normalized spacial score (nSPS) is 11.2. The first kappa shape index (κ1) is 14.1. The first-order chi connectivity index (χ1) is 8.38. The summed E-state index contributed by atoms with van der Waals surface area (Å²) < 4.78 is 30.0. The highest BCUT2D eigenvalue weighted by Gasteiger charge is 2.25. The molecule has 4 N–H and O–H groups in total. The fourth-order valence-corrected chi connectivity index (χ4v) is 2.15. The Labute approximate surface area is 103 Å². The molecule has 0 unspecified atom stereocenters. The van der Waals surface area contributed by atoms with E-state index in [0.29, 0.717) is 0 Å². The maximum absolute atomic E-state index is 11.7. The van der Waals surface area contributed by atoms with Crippen molar-refractivity contribution in [1.29, 1.82) is 0 Å². The molecule has 1 aromatic rings. The molecule has 0 radical (unpaired) electrons. The molecule has 0 aliphatic heterocycles. The number of hydrogen-bond donors (Lipinski definition) is 3. The van der Waals surface area contributed by atoms with Crippen molar-refractivity contribution < 1.29 is 22.7 Å². The molecule has 1 heterocycles. The van der Waals surface area contributed by atoms with Crippen molar-refractivity contribution >= 4 is 21.9 Å². The number of carbonyl (C=O) groups is 2. The average molecular weight is 276 g/mol. The van der Waals surface area contributed by atoms with Gasteiger partial charge in [0.2, 0.25) is 5.91 Å². The van der Waals surface area contributed by atoms with Gasteiger partial charge in [-0.2, -0.15) is 5.10 Å². The van der Waals surface area contributed by atoms with E-state index in [9.17, 15) is 18.0 Å². The number of H-pyrrole nitrogens is 1. The molecule has 0 aliphatic rings. The maximum Gasteiger partial charge on any atom is 0.342 e. The van der Waals surface area contributed by atoms with Crippen LogP contribution in [-0.2, 0) is 19.6 Å². The van der Waals surface area contributed by atoms with Crippen LogP contribution >= 0.6 is 0 Å². The van der Waals surface area contributed by atoms with Crippen molar-refractivity contribution in [2.75, 3.05) is 13.2 Å². The minimum Gasteiger partial charge on any atom is -0.462 e. The minimum absolute atomic E-state index is 0.0955. The summed E-state index contributed by atoms with van der Waals surface area (Å²) in [6.45, 7) is 1.10. The zero-order chi connectivity index (χ0) is 13.8. The number of carbonyl (C=O) groups excluding carboxylic acids is 2. The Morgan fingerprint density at radius 3 is 2.78 bits per heavy atom. The predicted octanol–water partition coefficient (Wildman–Crippen LogP) is -1.65. The SMILES string of the molecule is CCOC(=O)c1cn[nH]c1S(=O)(=O)NCC(N)=O. The molecule has 0 spiro atoms. The van der Waals surface area contributed by atoms with Gasteiger partial charge in [-0.1, -0.05) is 0 Å². The summed E-state index contributed by atoms with van der Waals surface area (Å²) in [6.07, 6.45) is 1.02. The predicted molar refractivity (Wildman–Crippen MR) is 58.9 cm³/mol. The molecule has 10 heteroatoms. The molecule has 0 aromatic carbocycles. The van der Waals surface area contributed by atoms with Gasteiger partial charge in [-0.3, -0.25) is 9.89 Å². The van der Waals surface area contributed by atoms with E-state index in [0.717, 1.165) is 6.20 Å². The highest BCUT2D eigenvalue weighted by molar-refractivity contribution is 7.89. The van der Waals surface area contributed by atoms with Crippen LogP contribution in [0.15, 0.2) is 11.2 Å². The summed E-state index contributed by atoms with van der Waals surface area (Å²) in [5.74, 6) is -1.68. The first-order valence-electron chi connectivity index (χ1n) is 4.87. The molecule has 1 rings (SSSR count). The molecule has 1 amide bonds. The number of aromatic amines is 1. The van der Waals surface area contributed by atoms with Crippen LogP contribution in [-0.4, -0.2) is 43.6 Å². The van der Waals surface area contributed by atoms with Crippen LogP contribution in [0.5, 0.6) is 0 Å². The van der Waals surface area contributed by atoms with Gasteiger partial charge in [-0.25, -0.2) is 17.9 Å². The molecule has 0 bridgehead atoms. The lowest BCUT2D eigenvalue weighted by molar-refractivity contribution is -0.116. The summed E-state index contributed by atoms with van der Waals surface area (Å²) in [5.41, 5.74) is 4.57. The Morgan fingerprint density at radius 2 is 2.22 bits per heavy atom. The average Bonchev–Trinajstić information content (AvgIpc) is 2.76. The van der Waals surface area contributed by atoms with Gasteiger partial charge in [0.25, 0.3) is 10.0 Å². The van der Waals surface area contributed by atoms with E-state index in [1.807, 2.05) is 4.72 Å². The van der Waals surface area contributed by atoms with Crippen LogP contribution in [0, 0.1) is 0 Å². The largest absolute Gasteiger partial charge is 0.462 e. The highest BCUT2D eigenvalue weighted by atomic mass is 32.2. The van der Waals surface area contributed by atoms with Crippen molar-refractivity contribution in [2.45, 2.75) is 11.9 Å². The summed E-state index contributed by atoms with van der Waals surface area (Å²) in [6, 6.07) is 0. The third-order valence-electron chi connectivity index (χ3n) is 1.80. The Hall–Kier alpha value is -1.94.